The number of rotatable bonds is 3. The van der Waals surface area contributed by atoms with E-state index in [1.807, 2.05) is 20.8 Å². The third kappa shape index (κ3) is 4.69. The maximum Gasteiger partial charge on any atom is 0.326 e. The van der Waals surface area contributed by atoms with Gasteiger partial charge in [-0.25, -0.2) is 9.59 Å². The summed E-state index contributed by atoms with van der Waals surface area (Å²) in [5.74, 6) is -1.53. The van der Waals surface area contributed by atoms with Gasteiger partial charge in [-0.3, -0.25) is 4.79 Å². The second-order valence-corrected chi connectivity index (χ2v) is 5.85. The van der Waals surface area contributed by atoms with Gasteiger partial charge in [0.1, 0.15) is 6.04 Å². The van der Waals surface area contributed by atoms with Gasteiger partial charge in [-0.1, -0.05) is 0 Å². The first-order valence-electron chi connectivity index (χ1n) is 6.36. The molecule has 114 valence electrons. The highest BCUT2D eigenvalue weighted by Gasteiger charge is 2.39. The smallest absolute Gasteiger partial charge is 0.326 e. The highest BCUT2D eigenvalue weighted by Crippen LogP contribution is 2.17. The van der Waals surface area contributed by atoms with Crippen LogP contribution in [0.3, 0.4) is 0 Å². The van der Waals surface area contributed by atoms with Crippen molar-refractivity contribution in [2.75, 3.05) is 13.1 Å². The third-order valence-corrected chi connectivity index (χ3v) is 2.74. The molecular weight excluding hydrogens is 266 g/mol. The Hall–Kier alpha value is -1.83. The van der Waals surface area contributed by atoms with Crippen molar-refractivity contribution in [3.8, 4) is 0 Å². The van der Waals surface area contributed by atoms with Gasteiger partial charge in [-0.05, 0) is 20.8 Å². The van der Waals surface area contributed by atoms with Crippen molar-refractivity contribution in [2.24, 2.45) is 0 Å². The maximum absolute atomic E-state index is 11.8. The minimum absolute atomic E-state index is 0.00303. The molecule has 1 heterocycles. The second kappa shape index (κ2) is 6.08. The van der Waals surface area contributed by atoms with E-state index >= 15 is 0 Å². The van der Waals surface area contributed by atoms with E-state index in [1.165, 1.54) is 0 Å². The van der Waals surface area contributed by atoms with Crippen molar-refractivity contribution >= 4 is 17.9 Å². The Morgan fingerprint density at radius 2 is 1.90 bits per heavy atom. The molecule has 1 rings (SSSR count). The topological polar surface area (TPSA) is 119 Å². The number of aliphatic carboxylic acids is 1. The monoisotopic (exact) mass is 287 g/mol. The van der Waals surface area contributed by atoms with E-state index in [2.05, 4.69) is 10.6 Å². The molecule has 1 saturated heterocycles. The summed E-state index contributed by atoms with van der Waals surface area (Å²) in [6, 6.07) is -1.73. The van der Waals surface area contributed by atoms with Crippen LogP contribution in [0.15, 0.2) is 0 Å². The van der Waals surface area contributed by atoms with E-state index in [-0.39, 0.29) is 25.4 Å². The number of hydrogen-bond acceptors (Lipinski definition) is 4. The number of aliphatic hydroxyl groups is 1. The first-order chi connectivity index (χ1) is 9.10. The molecule has 0 spiro atoms. The number of nitrogens with one attached hydrogen (secondary N) is 2. The van der Waals surface area contributed by atoms with Crippen molar-refractivity contribution in [3.63, 3.8) is 0 Å². The number of carbonyl (C=O) groups excluding carboxylic acids is 2. The highest BCUT2D eigenvalue weighted by molar-refractivity contribution is 5.87. The summed E-state index contributed by atoms with van der Waals surface area (Å²) in [7, 11) is 0. The summed E-state index contributed by atoms with van der Waals surface area (Å²) < 4.78 is 0. The first kappa shape index (κ1) is 16.2. The second-order valence-electron chi connectivity index (χ2n) is 5.85. The van der Waals surface area contributed by atoms with Crippen LogP contribution in [0, 0.1) is 0 Å². The molecule has 0 bridgehead atoms. The van der Waals surface area contributed by atoms with Gasteiger partial charge < -0.3 is 25.7 Å². The highest BCUT2D eigenvalue weighted by atomic mass is 16.4. The van der Waals surface area contributed by atoms with Crippen molar-refractivity contribution in [2.45, 2.75) is 44.9 Å². The quantitative estimate of drug-likeness (QED) is 0.538. The third-order valence-electron chi connectivity index (χ3n) is 2.74. The van der Waals surface area contributed by atoms with Crippen LogP contribution in [-0.4, -0.2) is 63.8 Å². The van der Waals surface area contributed by atoms with E-state index in [1.54, 1.807) is 0 Å². The Bertz CT molecular complexity index is 404. The largest absolute Gasteiger partial charge is 0.480 e. The van der Waals surface area contributed by atoms with Crippen molar-refractivity contribution in [1.82, 2.24) is 15.5 Å². The van der Waals surface area contributed by atoms with Gasteiger partial charge in [0.15, 0.2) is 0 Å². The molecule has 1 fully saturated rings. The minimum Gasteiger partial charge on any atom is -0.480 e. The molecule has 0 aromatic heterocycles. The van der Waals surface area contributed by atoms with Crippen LogP contribution in [0.1, 0.15) is 27.2 Å². The number of carboxylic acids is 1. The Morgan fingerprint density at radius 3 is 2.40 bits per heavy atom. The van der Waals surface area contributed by atoms with E-state index in [0.29, 0.717) is 0 Å². The van der Waals surface area contributed by atoms with Crippen LogP contribution in [0.4, 0.5) is 4.79 Å². The average molecular weight is 287 g/mol. The molecule has 0 saturated carbocycles. The van der Waals surface area contributed by atoms with Gasteiger partial charge in [-0.2, -0.15) is 0 Å². The predicted octanol–water partition coefficient (Wildman–Crippen LogP) is -0.869. The average Bonchev–Trinajstić information content (AvgIpc) is 2.66. The van der Waals surface area contributed by atoms with Crippen LogP contribution in [0.25, 0.3) is 0 Å². The molecule has 0 aliphatic carbocycles. The van der Waals surface area contributed by atoms with E-state index in [0.717, 1.165) is 4.90 Å². The number of hydrogen-bond donors (Lipinski definition) is 4. The van der Waals surface area contributed by atoms with Gasteiger partial charge in [0.2, 0.25) is 5.91 Å². The van der Waals surface area contributed by atoms with E-state index < -0.39 is 29.7 Å². The van der Waals surface area contributed by atoms with E-state index in [4.69, 9.17) is 5.11 Å². The normalized spacial score (nSPS) is 22.5. The zero-order chi connectivity index (χ0) is 15.5. The number of likely N-dealkylation sites (tertiary alicyclic amines) is 1. The lowest BCUT2D eigenvalue weighted by Gasteiger charge is -2.23. The van der Waals surface area contributed by atoms with Crippen LogP contribution in [0.2, 0.25) is 0 Å². The summed E-state index contributed by atoms with van der Waals surface area (Å²) in [5.41, 5.74) is -0.407. The summed E-state index contributed by atoms with van der Waals surface area (Å²) >= 11 is 0. The summed E-state index contributed by atoms with van der Waals surface area (Å²) in [6.45, 7) is 5.14. The molecule has 0 aromatic carbocycles. The molecule has 20 heavy (non-hydrogen) atoms. The van der Waals surface area contributed by atoms with Gasteiger partial charge in [-0.15, -0.1) is 0 Å². The summed E-state index contributed by atoms with van der Waals surface area (Å²) in [5, 5.41) is 23.4. The molecule has 8 heteroatoms. The Morgan fingerprint density at radius 1 is 1.30 bits per heavy atom. The Kier molecular flexibility index (Phi) is 4.93. The number of amides is 3. The van der Waals surface area contributed by atoms with Crippen LogP contribution >= 0.6 is 0 Å². The number of urea groups is 1. The molecule has 1 aliphatic heterocycles. The number of carbonyl (C=O) groups is 3. The van der Waals surface area contributed by atoms with Gasteiger partial charge >= 0.3 is 12.0 Å². The molecule has 3 amide bonds. The number of β-amino-alcohol motifs (C(OH)–C–C–N with tert-alkyl or cyclic N) is 1. The molecule has 1 aliphatic rings. The van der Waals surface area contributed by atoms with Crippen molar-refractivity contribution < 1.29 is 24.6 Å². The lowest BCUT2D eigenvalue weighted by Crippen LogP contribution is -2.50. The minimum atomic E-state index is -1.17. The zero-order valence-corrected chi connectivity index (χ0v) is 11.8. The molecular formula is C12H21N3O5. The van der Waals surface area contributed by atoms with Crippen molar-refractivity contribution in [3.05, 3.63) is 0 Å². The summed E-state index contributed by atoms with van der Waals surface area (Å²) in [6.07, 6.45) is -0.859. The van der Waals surface area contributed by atoms with Gasteiger partial charge in [0.25, 0.3) is 0 Å². The summed E-state index contributed by atoms with van der Waals surface area (Å²) in [4.78, 5) is 35.4. The van der Waals surface area contributed by atoms with Gasteiger partial charge in [0, 0.05) is 18.5 Å². The molecule has 0 aromatic rings. The first-order valence-corrected chi connectivity index (χ1v) is 6.36. The number of carboxylic acid groups (broad SMARTS) is 1. The lowest BCUT2D eigenvalue weighted by atomic mass is 10.1. The fraction of sp³-hybridized carbons (Fsp3) is 0.750. The van der Waals surface area contributed by atoms with Crippen LogP contribution < -0.4 is 10.6 Å². The Balaban J connectivity index is 2.50. The fourth-order valence-electron chi connectivity index (χ4n) is 1.99. The van der Waals surface area contributed by atoms with E-state index in [9.17, 15) is 19.5 Å². The van der Waals surface area contributed by atoms with Crippen LogP contribution in [-0.2, 0) is 9.59 Å². The molecule has 4 N–H and O–H groups in total. The van der Waals surface area contributed by atoms with Crippen molar-refractivity contribution in [1.29, 1.82) is 0 Å². The predicted molar refractivity (Wildman–Crippen MR) is 70.0 cm³/mol. The molecule has 2 atom stereocenters. The maximum atomic E-state index is 11.8. The lowest BCUT2D eigenvalue weighted by molar-refractivity contribution is -0.141. The fourth-order valence-corrected chi connectivity index (χ4v) is 1.99. The number of nitrogens with zero attached hydrogens (tertiary/aromatic N) is 1. The standard InChI is InChI=1S/C12H21N3O5/c1-12(2,3)14-9(17)5-13-11(20)15-6-7(16)4-8(15)10(18)19/h7-8,16H,4-6H2,1-3H3,(H,13,20)(H,14,17)(H,18,19)/t7-,8-/m1/s1. The Labute approximate surface area is 117 Å². The van der Waals surface area contributed by atoms with Crippen LogP contribution in [0.5, 0.6) is 0 Å². The molecule has 8 nitrogen and oxygen atoms in total. The zero-order valence-electron chi connectivity index (χ0n) is 11.8. The number of aliphatic hydroxyl groups excluding tert-OH is 1. The SMILES string of the molecule is CC(C)(C)NC(=O)CNC(=O)N1C[C@H](O)C[C@@H]1C(=O)O. The molecule has 0 radical (unpaired) electrons. The molecule has 0 unspecified atom stereocenters. The van der Waals surface area contributed by atoms with Gasteiger partial charge in [0.05, 0.1) is 12.6 Å².